The van der Waals surface area contributed by atoms with Gasteiger partial charge in [-0.15, -0.1) is 11.3 Å². The first-order valence-corrected chi connectivity index (χ1v) is 10.4. The molecule has 3 unspecified atom stereocenters. The van der Waals surface area contributed by atoms with Gasteiger partial charge in [-0.25, -0.2) is 9.67 Å². The molecule has 0 radical (unpaired) electrons. The monoisotopic (exact) mass is 392 g/mol. The van der Waals surface area contributed by atoms with Crippen LogP contribution in [0.3, 0.4) is 0 Å². The lowest BCUT2D eigenvalue weighted by atomic mass is 9.73. The average molecular weight is 392 g/mol. The zero-order valence-corrected chi connectivity index (χ0v) is 16.3. The topological polar surface area (TPSA) is 69.4 Å². The molecular weight excluding hydrogens is 372 g/mol. The highest BCUT2D eigenvalue weighted by Gasteiger charge is 2.44. The summed E-state index contributed by atoms with van der Waals surface area (Å²) in [5.41, 5.74) is 1.95. The number of Topliss-reactive ketones (excluding diaryl/α,β-unsaturated/α-hetero) is 1. The number of hydrogen-bond acceptors (Lipinski definition) is 6. The van der Waals surface area contributed by atoms with E-state index in [2.05, 4.69) is 21.5 Å². The van der Waals surface area contributed by atoms with Gasteiger partial charge in [-0.1, -0.05) is 18.2 Å². The van der Waals surface area contributed by atoms with Gasteiger partial charge in [0.2, 0.25) is 5.95 Å². The Morgan fingerprint density at radius 1 is 1.21 bits per heavy atom. The van der Waals surface area contributed by atoms with Crippen LogP contribution in [-0.2, 0) is 4.79 Å². The molecule has 1 aliphatic heterocycles. The molecule has 3 atom stereocenters. The highest BCUT2D eigenvalue weighted by molar-refractivity contribution is 7.10. The molecule has 142 valence electrons. The van der Waals surface area contributed by atoms with E-state index in [1.165, 1.54) is 11.2 Å². The van der Waals surface area contributed by atoms with Crippen LogP contribution in [-0.4, -0.2) is 32.9 Å². The van der Waals surface area contributed by atoms with Crippen LogP contribution in [0.1, 0.15) is 42.2 Å². The summed E-state index contributed by atoms with van der Waals surface area (Å²) < 4.78 is 7.35. The summed E-state index contributed by atoms with van der Waals surface area (Å²) in [7, 11) is 0. The van der Waals surface area contributed by atoms with E-state index in [1.54, 1.807) is 16.0 Å². The number of aromatic nitrogens is 3. The molecule has 6 nitrogen and oxygen atoms in total. The van der Waals surface area contributed by atoms with E-state index in [1.807, 2.05) is 37.3 Å². The number of benzene rings is 1. The molecule has 1 aliphatic carbocycles. The van der Waals surface area contributed by atoms with Crippen molar-refractivity contribution in [3.05, 3.63) is 58.5 Å². The smallest absolute Gasteiger partial charge is 0.248 e. The van der Waals surface area contributed by atoms with Crippen molar-refractivity contribution < 1.29 is 9.53 Å². The molecule has 0 amide bonds. The van der Waals surface area contributed by atoms with Crippen LogP contribution in [0.5, 0.6) is 5.75 Å². The minimum absolute atomic E-state index is 0.206. The van der Waals surface area contributed by atoms with Gasteiger partial charge in [-0.05, 0) is 42.5 Å². The third kappa shape index (κ3) is 2.86. The van der Waals surface area contributed by atoms with Gasteiger partial charge < -0.3 is 4.74 Å². The largest absolute Gasteiger partial charge is 0.494 e. The number of ketones is 1. The minimum atomic E-state index is -0.289. The number of nitrogens with zero attached hydrogens (tertiary/aromatic N) is 4. The first-order chi connectivity index (χ1) is 13.7. The Bertz CT molecular complexity index is 1020. The molecule has 0 N–H and O–H groups in total. The van der Waals surface area contributed by atoms with Crippen molar-refractivity contribution in [1.82, 2.24) is 14.8 Å². The molecule has 1 aromatic carbocycles. The summed E-state index contributed by atoms with van der Waals surface area (Å²) in [5, 5.41) is 6.45. The van der Waals surface area contributed by atoms with Crippen molar-refractivity contribution in [3.63, 3.8) is 0 Å². The zero-order chi connectivity index (χ0) is 19.1. The van der Waals surface area contributed by atoms with Crippen molar-refractivity contribution in [3.8, 4) is 5.75 Å². The third-order valence-corrected chi connectivity index (χ3v) is 6.50. The Balaban J connectivity index is 1.54. The number of thiophene rings is 1. The number of carbonyl (C=O) groups is 1. The van der Waals surface area contributed by atoms with Gasteiger partial charge in [-0.2, -0.15) is 10.1 Å². The van der Waals surface area contributed by atoms with E-state index in [9.17, 15) is 4.79 Å². The van der Waals surface area contributed by atoms with E-state index in [0.717, 1.165) is 23.4 Å². The second-order valence-electron chi connectivity index (χ2n) is 7.12. The fourth-order valence-electron chi connectivity index (χ4n) is 4.26. The fraction of sp³-hybridized carbons (Fsp3) is 0.333. The van der Waals surface area contributed by atoms with E-state index >= 15 is 0 Å². The maximum atomic E-state index is 13.3. The van der Waals surface area contributed by atoms with E-state index in [-0.39, 0.29) is 23.7 Å². The Hall–Kier alpha value is -2.80. The van der Waals surface area contributed by atoms with Crippen LogP contribution in [0, 0.1) is 5.92 Å². The molecule has 3 aromatic rings. The standard InChI is InChI=1S/C21H20N4O2S/c1-2-27-15-7-5-13(6-8-15)20-19-16(24-21-22-12-23-25(20)21)10-14(11-17(19)26)18-4-3-9-28-18/h3-9,12,14,19-20H,2,10-11H2,1H3. The first-order valence-electron chi connectivity index (χ1n) is 9.50. The van der Waals surface area contributed by atoms with Crippen LogP contribution in [0.4, 0.5) is 5.95 Å². The molecule has 2 aromatic heterocycles. The Morgan fingerprint density at radius 2 is 2.07 bits per heavy atom. The number of hydrogen-bond donors (Lipinski definition) is 0. The van der Waals surface area contributed by atoms with Crippen LogP contribution in [0.25, 0.3) is 0 Å². The molecule has 2 aliphatic rings. The van der Waals surface area contributed by atoms with Gasteiger partial charge in [0.25, 0.3) is 0 Å². The lowest BCUT2D eigenvalue weighted by Crippen LogP contribution is -2.41. The lowest BCUT2D eigenvalue weighted by molar-refractivity contribution is -0.122. The molecule has 28 heavy (non-hydrogen) atoms. The minimum Gasteiger partial charge on any atom is -0.494 e. The highest BCUT2D eigenvalue weighted by Crippen LogP contribution is 2.44. The number of rotatable bonds is 4. The summed E-state index contributed by atoms with van der Waals surface area (Å²) in [6, 6.07) is 11.9. The quantitative estimate of drug-likeness (QED) is 0.668. The third-order valence-electron chi connectivity index (χ3n) is 5.46. The Morgan fingerprint density at radius 3 is 2.82 bits per heavy atom. The number of ether oxygens (including phenoxy) is 1. The molecule has 1 saturated carbocycles. The maximum absolute atomic E-state index is 13.3. The van der Waals surface area contributed by atoms with Gasteiger partial charge in [0.1, 0.15) is 17.9 Å². The SMILES string of the molecule is CCOc1ccc(C2C3C(=O)CC(c4cccs4)CC3=Nc3ncnn32)cc1. The Kier molecular flexibility index (Phi) is 4.31. The van der Waals surface area contributed by atoms with Gasteiger partial charge in [0.15, 0.2) is 0 Å². The summed E-state index contributed by atoms with van der Waals surface area (Å²) in [4.78, 5) is 23.5. The summed E-state index contributed by atoms with van der Waals surface area (Å²) in [6.07, 6.45) is 2.85. The maximum Gasteiger partial charge on any atom is 0.248 e. The molecule has 1 fully saturated rings. The van der Waals surface area contributed by atoms with Crippen molar-refractivity contribution in [2.75, 3.05) is 6.61 Å². The van der Waals surface area contributed by atoms with Crippen molar-refractivity contribution in [1.29, 1.82) is 0 Å². The Labute approximate surface area is 166 Å². The van der Waals surface area contributed by atoms with Gasteiger partial charge in [0, 0.05) is 22.9 Å². The predicted molar refractivity (Wildman–Crippen MR) is 108 cm³/mol. The highest BCUT2D eigenvalue weighted by atomic mass is 32.1. The van der Waals surface area contributed by atoms with Crippen LogP contribution in [0.15, 0.2) is 53.1 Å². The predicted octanol–water partition coefficient (Wildman–Crippen LogP) is 4.18. The van der Waals surface area contributed by atoms with Crippen molar-refractivity contribution in [2.24, 2.45) is 10.9 Å². The molecule has 3 heterocycles. The van der Waals surface area contributed by atoms with E-state index < -0.39 is 0 Å². The first kappa shape index (κ1) is 17.3. The molecule has 5 rings (SSSR count). The molecule has 0 spiro atoms. The molecule has 0 saturated heterocycles. The summed E-state index contributed by atoms with van der Waals surface area (Å²) in [6.45, 7) is 2.59. The van der Waals surface area contributed by atoms with Gasteiger partial charge in [-0.3, -0.25) is 4.79 Å². The lowest BCUT2D eigenvalue weighted by Gasteiger charge is -2.36. The second kappa shape index (κ2) is 6.98. The summed E-state index contributed by atoms with van der Waals surface area (Å²) in [5.74, 6) is 1.54. The molecular formula is C21H20N4O2S. The summed E-state index contributed by atoms with van der Waals surface area (Å²) >= 11 is 1.71. The van der Waals surface area contributed by atoms with E-state index in [4.69, 9.17) is 9.73 Å². The normalized spacial score (nSPS) is 23.7. The zero-order valence-electron chi connectivity index (χ0n) is 15.5. The van der Waals surface area contributed by atoms with Crippen LogP contribution >= 0.6 is 11.3 Å². The average Bonchev–Trinajstić information content (AvgIpc) is 3.39. The van der Waals surface area contributed by atoms with Crippen molar-refractivity contribution in [2.45, 2.75) is 31.7 Å². The number of fused-ring (bicyclic) bond motifs is 2. The molecule has 0 bridgehead atoms. The van der Waals surface area contributed by atoms with Crippen LogP contribution in [0.2, 0.25) is 0 Å². The van der Waals surface area contributed by atoms with Gasteiger partial charge >= 0.3 is 0 Å². The van der Waals surface area contributed by atoms with E-state index in [0.29, 0.717) is 19.0 Å². The fourth-order valence-corrected chi connectivity index (χ4v) is 5.09. The number of aliphatic imine (C=N–C) groups is 1. The number of carbonyl (C=O) groups excluding carboxylic acids is 1. The van der Waals surface area contributed by atoms with Crippen LogP contribution < -0.4 is 4.74 Å². The van der Waals surface area contributed by atoms with Crippen molar-refractivity contribution >= 4 is 28.8 Å². The molecule has 7 heteroatoms. The second-order valence-corrected chi connectivity index (χ2v) is 8.10. The van der Waals surface area contributed by atoms with Gasteiger partial charge in [0.05, 0.1) is 18.6 Å².